The first kappa shape index (κ1) is 26.4. The van der Waals surface area contributed by atoms with Crippen LogP contribution in [0.25, 0.3) is 0 Å². The highest BCUT2D eigenvalue weighted by Gasteiger charge is 2.34. The number of benzene rings is 2. The fourth-order valence-corrected chi connectivity index (χ4v) is 3.91. The van der Waals surface area contributed by atoms with E-state index in [0.29, 0.717) is 44.0 Å². The standard InChI is InChI=1S/C28H36N2O5/c1-28(2,3)35-27(33)29(21-22-13-7-6-8-14-22)18-20-34-19-12-5-4-11-17-30-25(31)23-15-9-10-16-24(23)26(30)32/h6-10,13-16H,4-5,11-12,17-21H2,1-3H3. The zero-order chi connectivity index (χ0) is 25.3. The number of nitrogens with zero attached hydrogens (tertiary/aromatic N) is 2. The van der Waals surface area contributed by atoms with Crippen molar-refractivity contribution in [3.63, 3.8) is 0 Å². The third-order valence-electron chi connectivity index (χ3n) is 5.67. The summed E-state index contributed by atoms with van der Waals surface area (Å²) < 4.78 is 11.3. The molecule has 2 aromatic carbocycles. The predicted octanol–water partition coefficient (Wildman–Crippen LogP) is 5.30. The van der Waals surface area contributed by atoms with Crippen molar-refractivity contribution < 1.29 is 23.9 Å². The largest absolute Gasteiger partial charge is 0.444 e. The normalized spacial score (nSPS) is 13.2. The number of hydrogen-bond acceptors (Lipinski definition) is 5. The lowest BCUT2D eigenvalue weighted by Crippen LogP contribution is -2.38. The van der Waals surface area contributed by atoms with E-state index in [0.717, 1.165) is 31.2 Å². The Balaban J connectivity index is 1.32. The van der Waals surface area contributed by atoms with Gasteiger partial charge in [0.1, 0.15) is 5.60 Å². The molecule has 2 aromatic rings. The molecular formula is C28H36N2O5. The predicted molar refractivity (Wildman–Crippen MR) is 134 cm³/mol. The number of unbranched alkanes of at least 4 members (excludes halogenated alkanes) is 3. The molecule has 3 amide bonds. The lowest BCUT2D eigenvalue weighted by molar-refractivity contribution is 0.0155. The van der Waals surface area contributed by atoms with Crippen molar-refractivity contribution in [3.8, 4) is 0 Å². The summed E-state index contributed by atoms with van der Waals surface area (Å²) in [7, 11) is 0. The molecule has 3 rings (SSSR count). The minimum atomic E-state index is -0.556. The Morgan fingerprint density at radius 3 is 2.06 bits per heavy atom. The van der Waals surface area contributed by atoms with Gasteiger partial charge in [-0.25, -0.2) is 4.79 Å². The third kappa shape index (κ3) is 7.92. The van der Waals surface area contributed by atoms with Crippen molar-refractivity contribution >= 4 is 17.9 Å². The monoisotopic (exact) mass is 480 g/mol. The van der Waals surface area contributed by atoms with E-state index in [-0.39, 0.29) is 17.9 Å². The molecule has 0 fully saturated rings. The molecule has 0 unspecified atom stereocenters. The van der Waals surface area contributed by atoms with Gasteiger partial charge < -0.3 is 14.4 Å². The zero-order valence-corrected chi connectivity index (χ0v) is 21.0. The van der Waals surface area contributed by atoms with E-state index in [1.165, 1.54) is 4.90 Å². The van der Waals surface area contributed by atoms with Gasteiger partial charge in [-0.2, -0.15) is 0 Å². The summed E-state index contributed by atoms with van der Waals surface area (Å²) in [4.78, 5) is 40.4. The summed E-state index contributed by atoms with van der Waals surface area (Å²) in [5, 5.41) is 0. The fourth-order valence-electron chi connectivity index (χ4n) is 3.91. The van der Waals surface area contributed by atoms with Gasteiger partial charge in [0.05, 0.1) is 17.7 Å². The van der Waals surface area contributed by atoms with Crippen LogP contribution in [-0.2, 0) is 16.0 Å². The van der Waals surface area contributed by atoms with Gasteiger partial charge in [-0.05, 0) is 51.3 Å². The Hall–Kier alpha value is -3.19. The summed E-state index contributed by atoms with van der Waals surface area (Å²) in [6.45, 7) is 7.96. The second-order valence-electron chi connectivity index (χ2n) is 9.72. The van der Waals surface area contributed by atoms with Crippen LogP contribution < -0.4 is 0 Å². The van der Waals surface area contributed by atoms with Gasteiger partial charge in [0.25, 0.3) is 11.8 Å². The maximum absolute atomic E-state index is 12.6. The minimum Gasteiger partial charge on any atom is -0.444 e. The number of imide groups is 1. The molecule has 0 saturated carbocycles. The first-order chi connectivity index (χ1) is 16.8. The Morgan fingerprint density at radius 1 is 0.829 bits per heavy atom. The number of fused-ring (bicyclic) bond motifs is 1. The molecule has 1 aliphatic rings. The number of rotatable bonds is 12. The number of hydrogen-bond donors (Lipinski definition) is 0. The van der Waals surface area contributed by atoms with Crippen molar-refractivity contribution in [1.82, 2.24) is 9.80 Å². The molecule has 0 aromatic heterocycles. The zero-order valence-electron chi connectivity index (χ0n) is 21.0. The minimum absolute atomic E-state index is 0.195. The average molecular weight is 481 g/mol. The maximum Gasteiger partial charge on any atom is 0.410 e. The Kier molecular flexibility index (Phi) is 9.43. The van der Waals surface area contributed by atoms with E-state index in [4.69, 9.17) is 9.47 Å². The lowest BCUT2D eigenvalue weighted by Gasteiger charge is -2.27. The molecule has 35 heavy (non-hydrogen) atoms. The Morgan fingerprint density at radius 2 is 1.43 bits per heavy atom. The molecule has 1 heterocycles. The van der Waals surface area contributed by atoms with Crippen LogP contribution >= 0.6 is 0 Å². The molecule has 0 atom stereocenters. The van der Waals surface area contributed by atoms with Gasteiger partial charge in [0.15, 0.2) is 0 Å². The van der Waals surface area contributed by atoms with Crippen LogP contribution in [0.15, 0.2) is 54.6 Å². The number of carbonyl (C=O) groups excluding carboxylic acids is 3. The van der Waals surface area contributed by atoms with Crippen LogP contribution in [0.1, 0.15) is 72.7 Å². The van der Waals surface area contributed by atoms with Gasteiger partial charge in [-0.3, -0.25) is 14.5 Å². The van der Waals surface area contributed by atoms with E-state index in [1.807, 2.05) is 51.1 Å². The highest BCUT2D eigenvalue weighted by Crippen LogP contribution is 2.22. The van der Waals surface area contributed by atoms with Crippen molar-refractivity contribution in [2.75, 3.05) is 26.3 Å². The second kappa shape index (κ2) is 12.5. The summed E-state index contributed by atoms with van der Waals surface area (Å²) in [5.41, 5.74) is 1.48. The first-order valence-corrected chi connectivity index (χ1v) is 12.3. The molecule has 0 saturated heterocycles. The van der Waals surface area contributed by atoms with Crippen molar-refractivity contribution in [3.05, 3.63) is 71.3 Å². The fraction of sp³-hybridized carbons (Fsp3) is 0.464. The highest BCUT2D eigenvalue weighted by molar-refractivity contribution is 6.21. The third-order valence-corrected chi connectivity index (χ3v) is 5.67. The van der Waals surface area contributed by atoms with E-state index in [1.54, 1.807) is 29.2 Å². The smallest absolute Gasteiger partial charge is 0.410 e. The maximum atomic E-state index is 12.6. The van der Waals surface area contributed by atoms with Crippen LogP contribution in [-0.4, -0.2) is 59.6 Å². The van der Waals surface area contributed by atoms with Crippen LogP contribution in [0.5, 0.6) is 0 Å². The Bertz CT molecular complexity index is 965. The molecule has 0 aliphatic carbocycles. The van der Waals surface area contributed by atoms with Crippen molar-refractivity contribution in [2.45, 2.75) is 58.6 Å². The van der Waals surface area contributed by atoms with Crippen LogP contribution in [0.2, 0.25) is 0 Å². The molecular weight excluding hydrogens is 444 g/mol. The summed E-state index contributed by atoms with van der Waals surface area (Å²) in [5.74, 6) is -0.391. The molecule has 0 spiro atoms. The molecule has 188 valence electrons. The van der Waals surface area contributed by atoms with E-state index >= 15 is 0 Å². The lowest BCUT2D eigenvalue weighted by atomic mass is 10.1. The molecule has 0 radical (unpaired) electrons. The number of carbonyl (C=O) groups is 3. The quantitative estimate of drug-likeness (QED) is 0.304. The number of amides is 3. The van der Waals surface area contributed by atoms with Crippen molar-refractivity contribution in [1.29, 1.82) is 0 Å². The first-order valence-electron chi connectivity index (χ1n) is 12.3. The summed E-state index contributed by atoms with van der Waals surface area (Å²) in [6.07, 6.45) is 3.16. The van der Waals surface area contributed by atoms with Crippen LogP contribution in [0.4, 0.5) is 4.79 Å². The van der Waals surface area contributed by atoms with Gasteiger partial charge >= 0.3 is 6.09 Å². The van der Waals surface area contributed by atoms with Gasteiger partial charge in [-0.1, -0.05) is 55.3 Å². The van der Waals surface area contributed by atoms with E-state index in [9.17, 15) is 14.4 Å². The Labute approximate surface area is 208 Å². The molecule has 1 aliphatic heterocycles. The van der Waals surface area contributed by atoms with Gasteiger partial charge in [-0.15, -0.1) is 0 Å². The molecule has 7 heteroatoms. The van der Waals surface area contributed by atoms with Gasteiger partial charge in [0, 0.05) is 26.2 Å². The SMILES string of the molecule is CC(C)(C)OC(=O)N(CCOCCCCCCN1C(=O)c2ccccc2C1=O)Cc1ccccc1. The van der Waals surface area contributed by atoms with Crippen LogP contribution in [0.3, 0.4) is 0 Å². The summed E-state index contributed by atoms with van der Waals surface area (Å²) in [6, 6.07) is 16.8. The summed E-state index contributed by atoms with van der Waals surface area (Å²) >= 11 is 0. The van der Waals surface area contributed by atoms with Crippen molar-refractivity contribution in [2.24, 2.45) is 0 Å². The second-order valence-corrected chi connectivity index (χ2v) is 9.72. The molecule has 0 bridgehead atoms. The molecule has 0 N–H and O–H groups in total. The molecule has 7 nitrogen and oxygen atoms in total. The topological polar surface area (TPSA) is 76.2 Å². The van der Waals surface area contributed by atoms with E-state index < -0.39 is 5.60 Å². The number of ether oxygens (including phenoxy) is 2. The highest BCUT2D eigenvalue weighted by atomic mass is 16.6. The van der Waals surface area contributed by atoms with Crippen LogP contribution in [0, 0.1) is 0 Å². The van der Waals surface area contributed by atoms with E-state index in [2.05, 4.69) is 0 Å². The van der Waals surface area contributed by atoms with Gasteiger partial charge in [0.2, 0.25) is 0 Å². The average Bonchev–Trinajstić information content (AvgIpc) is 3.06.